The van der Waals surface area contributed by atoms with E-state index in [0.29, 0.717) is 11.4 Å². The first-order valence-corrected chi connectivity index (χ1v) is 5.84. The number of primary amides is 1. The molecule has 0 spiro atoms. The van der Waals surface area contributed by atoms with Gasteiger partial charge < -0.3 is 5.73 Å². The van der Waals surface area contributed by atoms with E-state index in [9.17, 15) is 9.59 Å². The first-order chi connectivity index (χ1) is 9.68. The third-order valence-corrected chi connectivity index (χ3v) is 2.45. The molecule has 2 aromatic rings. The van der Waals surface area contributed by atoms with Crippen molar-refractivity contribution >= 4 is 23.4 Å². The molecule has 2 N–H and O–H groups in total. The zero-order valence-corrected chi connectivity index (χ0v) is 10.5. The fourth-order valence-corrected chi connectivity index (χ4v) is 1.66. The van der Waals surface area contributed by atoms with Gasteiger partial charge in [0.05, 0.1) is 11.4 Å². The van der Waals surface area contributed by atoms with Crippen LogP contribution in [0.15, 0.2) is 70.9 Å². The molecule has 20 heavy (non-hydrogen) atoms. The number of azo groups is 1. The van der Waals surface area contributed by atoms with Crippen molar-refractivity contribution in [2.45, 2.75) is 0 Å². The van der Waals surface area contributed by atoms with Crippen LogP contribution in [-0.2, 0) is 0 Å². The van der Waals surface area contributed by atoms with Gasteiger partial charge in [0, 0.05) is 0 Å². The minimum Gasteiger partial charge on any atom is -0.348 e. The third-order valence-electron chi connectivity index (χ3n) is 2.45. The number of anilines is 2. The summed E-state index contributed by atoms with van der Waals surface area (Å²) in [6.07, 6.45) is 0. The number of carbonyl (C=O) groups excluding carboxylic acids is 2. The van der Waals surface area contributed by atoms with Crippen LogP contribution in [0.1, 0.15) is 0 Å². The molecule has 0 atom stereocenters. The Kier molecular flexibility index (Phi) is 4.18. The number of amides is 4. The van der Waals surface area contributed by atoms with E-state index in [1.807, 2.05) is 12.1 Å². The highest BCUT2D eigenvalue weighted by molar-refractivity contribution is 6.00. The smallest absolute Gasteiger partial charge is 0.348 e. The van der Waals surface area contributed by atoms with Crippen molar-refractivity contribution in [1.29, 1.82) is 0 Å². The molecule has 0 aliphatic heterocycles. The molecule has 0 heterocycles. The zero-order valence-electron chi connectivity index (χ0n) is 10.5. The van der Waals surface area contributed by atoms with Gasteiger partial charge in [-0.15, -0.1) is 0 Å². The number of nitrogens with two attached hydrogens (primary N) is 1. The number of rotatable bonds is 2. The van der Waals surface area contributed by atoms with E-state index >= 15 is 0 Å². The summed E-state index contributed by atoms with van der Waals surface area (Å²) in [5, 5.41) is 6.38. The van der Waals surface area contributed by atoms with Crippen molar-refractivity contribution in [3.8, 4) is 0 Å². The summed E-state index contributed by atoms with van der Waals surface area (Å²) in [6, 6.07) is 16.2. The molecule has 4 amide bonds. The predicted molar refractivity (Wildman–Crippen MR) is 74.9 cm³/mol. The highest BCUT2D eigenvalue weighted by Crippen LogP contribution is 2.25. The third kappa shape index (κ3) is 3.26. The SMILES string of the molecule is NC(=O)N=NC(=O)N(c1ccccc1)c1ccccc1. The Morgan fingerprint density at radius 2 is 1.25 bits per heavy atom. The Morgan fingerprint density at radius 1 is 0.800 bits per heavy atom. The quantitative estimate of drug-likeness (QED) is 0.845. The molecule has 6 nitrogen and oxygen atoms in total. The summed E-state index contributed by atoms with van der Waals surface area (Å²) in [6.45, 7) is 0. The molecule has 0 aliphatic carbocycles. The van der Waals surface area contributed by atoms with Gasteiger partial charge in [-0.25, -0.2) is 9.59 Å². The van der Waals surface area contributed by atoms with Crippen LogP contribution in [0, 0.1) is 0 Å². The number of nitrogens with zero attached hydrogens (tertiary/aromatic N) is 3. The van der Waals surface area contributed by atoms with Gasteiger partial charge in [-0.2, -0.15) is 0 Å². The van der Waals surface area contributed by atoms with Crippen molar-refractivity contribution in [3.05, 3.63) is 60.7 Å². The second-order valence-electron chi connectivity index (χ2n) is 3.83. The van der Waals surface area contributed by atoms with Gasteiger partial charge >= 0.3 is 12.1 Å². The minimum atomic E-state index is -1.01. The molecule has 0 fully saturated rings. The predicted octanol–water partition coefficient (Wildman–Crippen LogP) is 3.48. The highest BCUT2D eigenvalue weighted by atomic mass is 16.2. The average molecular weight is 268 g/mol. The molecule has 0 aromatic heterocycles. The minimum absolute atomic E-state index is 0.618. The molecule has 2 rings (SSSR count). The summed E-state index contributed by atoms with van der Waals surface area (Å²) in [5.41, 5.74) is 6.08. The van der Waals surface area contributed by atoms with E-state index in [2.05, 4.69) is 10.2 Å². The maximum atomic E-state index is 12.1. The van der Waals surface area contributed by atoms with Crippen LogP contribution < -0.4 is 10.6 Å². The van der Waals surface area contributed by atoms with E-state index in [0.717, 1.165) is 0 Å². The lowest BCUT2D eigenvalue weighted by Crippen LogP contribution is -2.22. The van der Waals surface area contributed by atoms with Crippen LogP contribution in [0.5, 0.6) is 0 Å². The number of para-hydroxylation sites is 2. The summed E-state index contributed by atoms with van der Waals surface area (Å²) < 4.78 is 0. The Morgan fingerprint density at radius 3 is 1.65 bits per heavy atom. The van der Waals surface area contributed by atoms with Crippen LogP contribution in [0.4, 0.5) is 21.0 Å². The molecule has 0 saturated carbocycles. The first kappa shape index (κ1) is 13.4. The lowest BCUT2D eigenvalue weighted by atomic mass is 10.2. The van der Waals surface area contributed by atoms with Crippen molar-refractivity contribution in [3.63, 3.8) is 0 Å². The van der Waals surface area contributed by atoms with E-state index in [4.69, 9.17) is 5.73 Å². The maximum absolute atomic E-state index is 12.1. The van der Waals surface area contributed by atoms with Gasteiger partial charge in [0.15, 0.2) is 0 Å². The number of urea groups is 2. The number of benzene rings is 2. The number of hydrogen-bond acceptors (Lipinski definition) is 2. The van der Waals surface area contributed by atoms with E-state index in [1.54, 1.807) is 48.5 Å². The van der Waals surface area contributed by atoms with Crippen LogP contribution in [0.25, 0.3) is 0 Å². The van der Waals surface area contributed by atoms with Crippen molar-refractivity contribution in [1.82, 2.24) is 0 Å². The Hall–Kier alpha value is -3.02. The Balaban J connectivity index is 2.40. The standard InChI is InChI=1S/C14H12N4O2/c15-13(19)16-17-14(20)18(11-7-3-1-4-8-11)12-9-5-2-6-10-12/h1-10H,(H2,15,19). The summed E-state index contributed by atoms with van der Waals surface area (Å²) in [4.78, 5) is 24.0. The molecule has 0 bridgehead atoms. The molecule has 0 unspecified atom stereocenters. The first-order valence-electron chi connectivity index (χ1n) is 5.84. The lowest BCUT2D eigenvalue weighted by Gasteiger charge is -2.19. The van der Waals surface area contributed by atoms with Gasteiger partial charge in [0.25, 0.3) is 0 Å². The lowest BCUT2D eigenvalue weighted by molar-refractivity contribution is 0.249. The van der Waals surface area contributed by atoms with E-state index < -0.39 is 12.1 Å². The fourth-order valence-electron chi connectivity index (χ4n) is 1.66. The molecule has 0 saturated heterocycles. The van der Waals surface area contributed by atoms with Gasteiger partial charge in [-0.05, 0) is 24.3 Å². The van der Waals surface area contributed by atoms with Crippen molar-refractivity contribution < 1.29 is 9.59 Å². The molecule has 0 aliphatic rings. The summed E-state index contributed by atoms with van der Waals surface area (Å²) in [7, 11) is 0. The van der Waals surface area contributed by atoms with E-state index in [1.165, 1.54) is 4.90 Å². The second-order valence-corrected chi connectivity index (χ2v) is 3.83. The molecule has 100 valence electrons. The van der Waals surface area contributed by atoms with Gasteiger partial charge in [-0.3, -0.25) is 4.90 Å². The molecular formula is C14H12N4O2. The molecule has 2 aromatic carbocycles. The fraction of sp³-hybridized carbons (Fsp3) is 0. The highest BCUT2D eigenvalue weighted by Gasteiger charge is 2.17. The largest absolute Gasteiger partial charge is 0.371 e. The van der Waals surface area contributed by atoms with Crippen LogP contribution in [0.3, 0.4) is 0 Å². The van der Waals surface area contributed by atoms with Crippen LogP contribution in [0.2, 0.25) is 0 Å². The van der Waals surface area contributed by atoms with Crippen LogP contribution >= 0.6 is 0 Å². The molecule has 0 radical (unpaired) electrons. The molecular weight excluding hydrogens is 256 g/mol. The van der Waals surface area contributed by atoms with Gasteiger partial charge in [-0.1, -0.05) is 46.6 Å². The second kappa shape index (κ2) is 6.24. The van der Waals surface area contributed by atoms with Gasteiger partial charge in [0.2, 0.25) is 0 Å². The van der Waals surface area contributed by atoms with Gasteiger partial charge in [0.1, 0.15) is 0 Å². The summed E-state index contributed by atoms with van der Waals surface area (Å²) >= 11 is 0. The van der Waals surface area contributed by atoms with Crippen molar-refractivity contribution in [2.75, 3.05) is 4.90 Å². The number of carbonyl (C=O) groups is 2. The zero-order chi connectivity index (χ0) is 14.4. The number of hydrogen-bond donors (Lipinski definition) is 1. The monoisotopic (exact) mass is 268 g/mol. The van der Waals surface area contributed by atoms with Crippen molar-refractivity contribution in [2.24, 2.45) is 16.0 Å². The van der Waals surface area contributed by atoms with E-state index in [-0.39, 0.29) is 0 Å². The average Bonchev–Trinajstić information content (AvgIpc) is 2.48. The van der Waals surface area contributed by atoms with Crippen LogP contribution in [-0.4, -0.2) is 12.1 Å². The maximum Gasteiger partial charge on any atom is 0.371 e. The topological polar surface area (TPSA) is 88.1 Å². The Bertz CT molecular complexity index is 587. The Labute approximate surface area is 115 Å². The summed E-state index contributed by atoms with van der Waals surface area (Å²) in [5.74, 6) is 0. The normalized spacial score (nSPS) is 10.4. The molecule has 6 heteroatoms.